The molecule has 8 nitrogen and oxygen atoms in total. The maximum Gasteiger partial charge on any atom is 0.387 e. The Morgan fingerprint density at radius 2 is 2.43 bits per heavy atom. The van der Waals surface area contributed by atoms with Gasteiger partial charge >= 0.3 is 11.8 Å². The number of halogens is 1. The van der Waals surface area contributed by atoms with Gasteiger partial charge in [0.05, 0.1) is 25.1 Å². The lowest BCUT2D eigenvalue weighted by atomic mass is 9.83. The third-order valence-corrected chi connectivity index (χ3v) is 3.91. The molecule has 0 amide bonds. The van der Waals surface area contributed by atoms with Crippen LogP contribution in [-0.2, 0) is 9.53 Å². The molecular formula is C14H19FN4O4. The lowest BCUT2D eigenvalue weighted by Crippen LogP contribution is -2.60. The van der Waals surface area contributed by atoms with Gasteiger partial charge in [-0.2, -0.15) is 0 Å². The number of ether oxygens (including phenoxy) is 1. The zero-order chi connectivity index (χ0) is 17.0. The molecule has 1 fully saturated rings. The molecule has 1 aromatic rings. The molecule has 0 bridgehead atoms. The zero-order valence-electron chi connectivity index (χ0n) is 12.8. The lowest BCUT2D eigenvalue weighted by molar-refractivity contribution is -0.388. The predicted octanol–water partition coefficient (Wildman–Crippen LogP) is 1.19. The van der Waals surface area contributed by atoms with Gasteiger partial charge in [-0.05, 0) is 35.4 Å². The van der Waals surface area contributed by atoms with Gasteiger partial charge in [-0.3, -0.25) is 4.79 Å². The summed E-state index contributed by atoms with van der Waals surface area (Å²) < 4.78 is 19.4. The molecule has 1 saturated heterocycles. The van der Waals surface area contributed by atoms with Crippen molar-refractivity contribution in [1.82, 2.24) is 4.98 Å². The van der Waals surface area contributed by atoms with Crippen LogP contribution in [0, 0.1) is 10.1 Å². The molecule has 0 aromatic carbocycles. The highest BCUT2D eigenvalue weighted by atomic mass is 19.1. The summed E-state index contributed by atoms with van der Waals surface area (Å²) >= 11 is 0. The van der Waals surface area contributed by atoms with E-state index in [0.29, 0.717) is 6.54 Å². The highest BCUT2D eigenvalue weighted by molar-refractivity contribution is 5.71. The summed E-state index contributed by atoms with van der Waals surface area (Å²) in [5, 5.41) is 11.0. The third-order valence-electron chi connectivity index (χ3n) is 3.91. The summed E-state index contributed by atoms with van der Waals surface area (Å²) in [6.07, 6.45) is -0.239. The van der Waals surface area contributed by atoms with E-state index < -0.39 is 22.6 Å². The summed E-state index contributed by atoms with van der Waals surface area (Å²) in [6.45, 7) is 2.03. The molecule has 0 radical (unpaired) electrons. The molecule has 2 rings (SSSR count). The van der Waals surface area contributed by atoms with Crippen LogP contribution in [0.15, 0.2) is 18.3 Å². The smallest absolute Gasteiger partial charge is 0.387 e. The Kier molecular flexibility index (Phi) is 5.09. The number of aromatic nitrogens is 1. The molecule has 1 aromatic heterocycles. The van der Waals surface area contributed by atoms with Gasteiger partial charge in [-0.1, -0.05) is 0 Å². The average molecular weight is 326 g/mol. The van der Waals surface area contributed by atoms with Crippen molar-refractivity contribution in [3.05, 3.63) is 28.4 Å². The highest BCUT2D eigenvalue weighted by Gasteiger charge is 2.43. The van der Waals surface area contributed by atoms with Crippen LogP contribution in [0.4, 0.5) is 15.9 Å². The first-order valence-corrected chi connectivity index (χ1v) is 7.30. The van der Waals surface area contributed by atoms with Crippen molar-refractivity contribution < 1.29 is 18.8 Å². The minimum Gasteiger partial charge on any atom is -0.466 e. The highest BCUT2D eigenvalue weighted by Crippen LogP contribution is 2.33. The van der Waals surface area contributed by atoms with Crippen molar-refractivity contribution in [1.29, 1.82) is 0 Å². The molecule has 2 unspecified atom stereocenters. The van der Waals surface area contributed by atoms with Gasteiger partial charge < -0.3 is 25.5 Å². The number of hydrogen-bond donors (Lipinski definition) is 1. The topological polar surface area (TPSA) is 112 Å². The van der Waals surface area contributed by atoms with Gasteiger partial charge in [0, 0.05) is 6.54 Å². The first-order valence-electron chi connectivity index (χ1n) is 7.30. The number of alkyl halides is 1. The van der Waals surface area contributed by atoms with Crippen molar-refractivity contribution in [3.8, 4) is 0 Å². The van der Waals surface area contributed by atoms with Crippen LogP contribution >= 0.6 is 0 Å². The number of rotatable bonds is 5. The Hall–Kier alpha value is -2.29. The van der Waals surface area contributed by atoms with Gasteiger partial charge in [0.2, 0.25) is 0 Å². The molecule has 2 atom stereocenters. The molecule has 126 valence electrons. The van der Waals surface area contributed by atoms with E-state index in [2.05, 4.69) is 4.98 Å². The second kappa shape index (κ2) is 6.86. The molecule has 1 aliphatic rings. The van der Waals surface area contributed by atoms with E-state index in [4.69, 9.17) is 10.5 Å². The second-order valence-corrected chi connectivity index (χ2v) is 5.48. The lowest BCUT2D eigenvalue weighted by Gasteiger charge is -2.41. The van der Waals surface area contributed by atoms with Crippen molar-refractivity contribution in [3.63, 3.8) is 0 Å². The number of pyridine rings is 1. The van der Waals surface area contributed by atoms with Crippen LogP contribution in [-0.4, -0.2) is 47.3 Å². The first kappa shape index (κ1) is 17.1. The van der Waals surface area contributed by atoms with E-state index in [1.165, 1.54) is 17.2 Å². The van der Waals surface area contributed by atoms with E-state index in [0.717, 1.165) is 0 Å². The molecule has 0 saturated carbocycles. The van der Waals surface area contributed by atoms with Gasteiger partial charge in [0.1, 0.15) is 18.1 Å². The van der Waals surface area contributed by atoms with Crippen molar-refractivity contribution in [2.45, 2.75) is 31.5 Å². The minimum absolute atomic E-state index is 0.136. The number of esters is 1. The Morgan fingerprint density at radius 1 is 1.70 bits per heavy atom. The Labute approximate surface area is 132 Å². The average Bonchev–Trinajstić information content (AvgIpc) is 2.50. The fourth-order valence-electron chi connectivity index (χ4n) is 2.64. The number of nitrogens with two attached hydrogens (primary N) is 1. The van der Waals surface area contributed by atoms with Crippen LogP contribution < -0.4 is 10.6 Å². The quantitative estimate of drug-likeness (QED) is 0.491. The number of piperidine rings is 1. The zero-order valence-corrected chi connectivity index (χ0v) is 12.8. The maximum atomic E-state index is 14.5. The van der Waals surface area contributed by atoms with E-state index in [-0.39, 0.29) is 37.5 Å². The van der Waals surface area contributed by atoms with Crippen LogP contribution in [0.2, 0.25) is 0 Å². The number of nitro groups is 1. The fourth-order valence-corrected chi connectivity index (χ4v) is 2.64. The van der Waals surface area contributed by atoms with E-state index >= 15 is 0 Å². The largest absolute Gasteiger partial charge is 0.466 e. The van der Waals surface area contributed by atoms with E-state index in [1.54, 1.807) is 13.0 Å². The van der Waals surface area contributed by atoms with Gasteiger partial charge in [-0.25, -0.2) is 4.39 Å². The number of nitrogens with zero attached hydrogens (tertiary/aromatic N) is 3. The minimum atomic E-state index is -1.51. The molecular weight excluding hydrogens is 307 g/mol. The molecule has 2 N–H and O–H groups in total. The molecule has 1 aliphatic heterocycles. The fraction of sp³-hybridized carbons (Fsp3) is 0.571. The van der Waals surface area contributed by atoms with Crippen molar-refractivity contribution in [2.24, 2.45) is 5.73 Å². The molecule has 0 spiro atoms. The predicted molar refractivity (Wildman–Crippen MR) is 80.8 cm³/mol. The summed E-state index contributed by atoms with van der Waals surface area (Å²) in [5.74, 6) is -0.868. The number of carbonyl (C=O) groups is 1. The summed E-state index contributed by atoms with van der Waals surface area (Å²) in [4.78, 5) is 27.2. The molecule has 23 heavy (non-hydrogen) atoms. The second-order valence-electron chi connectivity index (χ2n) is 5.48. The number of anilines is 1. The van der Waals surface area contributed by atoms with Crippen LogP contribution in [0.5, 0.6) is 0 Å². The normalized spacial score (nSPS) is 24.3. The van der Waals surface area contributed by atoms with Gasteiger partial charge in [-0.15, -0.1) is 0 Å². The third kappa shape index (κ3) is 3.73. The Balaban J connectivity index is 2.12. The molecule has 2 heterocycles. The van der Waals surface area contributed by atoms with Crippen molar-refractivity contribution >= 4 is 17.5 Å². The van der Waals surface area contributed by atoms with E-state index in [9.17, 15) is 19.3 Å². The van der Waals surface area contributed by atoms with Crippen LogP contribution in [0.3, 0.4) is 0 Å². The summed E-state index contributed by atoms with van der Waals surface area (Å²) in [7, 11) is 0. The van der Waals surface area contributed by atoms with E-state index in [1.807, 2.05) is 0 Å². The monoisotopic (exact) mass is 326 g/mol. The number of carbonyl (C=O) groups excluding carboxylic acids is 1. The summed E-state index contributed by atoms with van der Waals surface area (Å²) in [6, 6.07) is 3.07. The SMILES string of the molecule is CCOC(=O)CC1(N)CCN(c2cccnc2[N+](=O)[O-])CC1F. The molecule has 9 heteroatoms. The first-order chi connectivity index (χ1) is 10.9. The maximum absolute atomic E-state index is 14.5. The van der Waals surface area contributed by atoms with Crippen LogP contribution in [0.1, 0.15) is 19.8 Å². The molecule has 0 aliphatic carbocycles. The van der Waals surface area contributed by atoms with Gasteiger partial charge in [0.25, 0.3) is 0 Å². The van der Waals surface area contributed by atoms with Gasteiger partial charge in [0.15, 0.2) is 0 Å². The van der Waals surface area contributed by atoms with Crippen LogP contribution in [0.25, 0.3) is 0 Å². The Morgan fingerprint density at radius 3 is 3.04 bits per heavy atom. The standard InChI is InChI=1S/C14H19FN4O4/c1-2-23-12(20)8-14(16)5-7-18(9-11(14)15)10-4-3-6-17-13(10)19(21)22/h3-4,6,11H,2,5,7-9,16H2,1H3. The van der Waals surface area contributed by atoms with Crippen molar-refractivity contribution in [2.75, 3.05) is 24.6 Å². The number of hydrogen-bond acceptors (Lipinski definition) is 7. The Bertz CT molecular complexity index is 600. The summed E-state index contributed by atoms with van der Waals surface area (Å²) in [5.41, 5.74) is 4.95.